The summed E-state index contributed by atoms with van der Waals surface area (Å²) in [5.41, 5.74) is 0.138. The first-order valence-electron chi connectivity index (χ1n) is 10.2. The van der Waals surface area contributed by atoms with E-state index in [1.807, 2.05) is 6.07 Å². The van der Waals surface area contributed by atoms with Crippen LogP contribution in [-0.2, 0) is 24.8 Å². The number of likely N-dealkylation sites (N-methyl/N-ethyl adjacent to an activating group) is 1. The van der Waals surface area contributed by atoms with E-state index in [-0.39, 0.29) is 16.3 Å². The smallest absolute Gasteiger partial charge is 0.243 e. The van der Waals surface area contributed by atoms with Crippen molar-refractivity contribution >= 4 is 31.6 Å². The molecule has 1 saturated heterocycles. The molecule has 0 aromatic heterocycles. The molecule has 1 amide bonds. The molecule has 3 rings (SSSR count). The molecule has 0 atom stereocenters. The summed E-state index contributed by atoms with van der Waals surface area (Å²) < 4.78 is 57.6. The zero-order valence-corrected chi connectivity index (χ0v) is 19.7. The van der Waals surface area contributed by atoms with E-state index >= 15 is 0 Å². The van der Waals surface area contributed by atoms with E-state index in [4.69, 9.17) is 4.74 Å². The lowest BCUT2D eigenvalue weighted by Crippen LogP contribution is -2.36. The van der Waals surface area contributed by atoms with E-state index < -0.39 is 32.5 Å². The van der Waals surface area contributed by atoms with E-state index in [0.29, 0.717) is 18.8 Å². The number of amides is 1. The van der Waals surface area contributed by atoms with Gasteiger partial charge in [-0.3, -0.25) is 4.79 Å². The number of nitrogens with one attached hydrogen (secondary N) is 1. The molecule has 9 nitrogen and oxygen atoms in total. The Hall–Kier alpha value is -2.47. The molecule has 0 unspecified atom stereocenters. The van der Waals surface area contributed by atoms with Gasteiger partial charge in [-0.2, -0.15) is 8.61 Å². The molecule has 1 heterocycles. The number of sulfonamides is 2. The van der Waals surface area contributed by atoms with Crippen LogP contribution in [0.2, 0.25) is 0 Å². The summed E-state index contributed by atoms with van der Waals surface area (Å²) in [7, 11) is -6.01. The molecule has 0 bridgehead atoms. The van der Waals surface area contributed by atoms with Gasteiger partial charge in [0.05, 0.1) is 23.4 Å². The molecule has 1 fully saturated rings. The maximum absolute atomic E-state index is 13.1. The van der Waals surface area contributed by atoms with Gasteiger partial charge in [0, 0.05) is 20.1 Å². The maximum Gasteiger partial charge on any atom is 0.243 e. The Balaban J connectivity index is 1.92. The topological polar surface area (TPSA) is 113 Å². The summed E-state index contributed by atoms with van der Waals surface area (Å²) in [5, 5.41) is 2.60. The average Bonchev–Trinajstić information content (AvgIpc) is 2.75. The van der Waals surface area contributed by atoms with E-state index in [1.54, 1.807) is 24.3 Å². The van der Waals surface area contributed by atoms with Crippen molar-refractivity contribution in [1.29, 1.82) is 0 Å². The van der Waals surface area contributed by atoms with Crippen LogP contribution in [0.3, 0.4) is 0 Å². The molecule has 0 saturated carbocycles. The number of rotatable bonds is 8. The number of benzene rings is 2. The molecule has 0 spiro atoms. The van der Waals surface area contributed by atoms with Crippen LogP contribution in [0.5, 0.6) is 11.5 Å². The predicted octanol–water partition coefficient (Wildman–Crippen LogP) is 2.48. The number of hydrogen-bond acceptors (Lipinski definition) is 6. The molecule has 32 heavy (non-hydrogen) atoms. The first kappa shape index (κ1) is 24.2. The van der Waals surface area contributed by atoms with E-state index in [1.165, 1.54) is 29.6 Å². The van der Waals surface area contributed by atoms with Gasteiger partial charge >= 0.3 is 0 Å². The fourth-order valence-electron chi connectivity index (χ4n) is 3.24. The van der Waals surface area contributed by atoms with E-state index in [9.17, 15) is 21.6 Å². The van der Waals surface area contributed by atoms with Gasteiger partial charge in [0.15, 0.2) is 5.75 Å². The number of carbonyl (C=O) groups is 1. The van der Waals surface area contributed by atoms with Crippen LogP contribution in [0.4, 0.5) is 5.69 Å². The lowest BCUT2D eigenvalue weighted by atomic mass is 10.2. The largest absolute Gasteiger partial charge is 0.455 e. The Labute approximate surface area is 189 Å². The molecule has 2 aromatic carbocycles. The molecular formula is C21H27N3O6S2. The number of para-hydroxylation sites is 1. The highest BCUT2D eigenvalue weighted by atomic mass is 32.2. The zero-order chi connectivity index (χ0) is 23.4. The molecular weight excluding hydrogens is 454 g/mol. The van der Waals surface area contributed by atoms with Gasteiger partial charge < -0.3 is 10.1 Å². The standard InChI is InChI=1S/C21H27N3O6S2/c1-23(31(2,26)27)16-21(25)22-19-15-18(32(28,29)24-13-7-4-8-14-24)11-12-20(19)30-17-9-5-3-6-10-17/h3,5-6,9-12,15H,4,7-8,13-14,16H2,1-2H3,(H,22,25). The highest BCUT2D eigenvalue weighted by molar-refractivity contribution is 7.89. The van der Waals surface area contributed by atoms with Gasteiger partial charge in [-0.25, -0.2) is 16.8 Å². The van der Waals surface area contributed by atoms with Crippen LogP contribution < -0.4 is 10.1 Å². The normalized spacial score (nSPS) is 15.5. The van der Waals surface area contributed by atoms with Crippen molar-refractivity contribution < 1.29 is 26.4 Å². The van der Waals surface area contributed by atoms with E-state index in [2.05, 4.69) is 5.32 Å². The Morgan fingerprint density at radius 1 is 1.03 bits per heavy atom. The molecule has 174 valence electrons. The van der Waals surface area contributed by atoms with Crippen LogP contribution in [0, 0.1) is 0 Å². The number of ether oxygens (including phenoxy) is 1. The van der Waals surface area contributed by atoms with Crippen LogP contribution in [-0.4, -0.2) is 64.3 Å². The summed E-state index contributed by atoms with van der Waals surface area (Å²) in [4.78, 5) is 12.5. The number of nitrogens with zero attached hydrogens (tertiary/aromatic N) is 2. The Kier molecular flexibility index (Phi) is 7.55. The Morgan fingerprint density at radius 3 is 2.31 bits per heavy atom. The Bertz CT molecular complexity index is 1160. The van der Waals surface area contributed by atoms with Crippen molar-refractivity contribution in [3.63, 3.8) is 0 Å². The third kappa shape index (κ3) is 6.06. The predicted molar refractivity (Wildman–Crippen MR) is 122 cm³/mol. The second kappa shape index (κ2) is 9.99. The monoisotopic (exact) mass is 481 g/mol. The first-order valence-corrected chi connectivity index (χ1v) is 13.4. The van der Waals surface area contributed by atoms with Crippen molar-refractivity contribution in [3.05, 3.63) is 48.5 Å². The number of carbonyl (C=O) groups excluding carboxylic acids is 1. The van der Waals surface area contributed by atoms with Crippen LogP contribution in [0.25, 0.3) is 0 Å². The Morgan fingerprint density at radius 2 is 1.69 bits per heavy atom. The van der Waals surface area contributed by atoms with Crippen LogP contribution in [0.15, 0.2) is 53.4 Å². The second-order valence-electron chi connectivity index (χ2n) is 7.61. The van der Waals surface area contributed by atoms with Crippen molar-refractivity contribution in [1.82, 2.24) is 8.61 Å². The molecule has 2 aromatic rings. The van der Waals surface area contributed by atoms with E-state index in [0.717, 1.165) is 29.8 Å². The van der Waals surface area contributed by atoms with Crippen molar-refractivity contribution in [2.75, 3.05) is 38.3 Å². The number of piperidine rings is 1. The lowest BCUT2D eigenvalue weighted by Gasteiger charge is -2.26. The molecule has 11 heteroatoms. The van der Waals surface area contributed by atoms with Gasteiger partial charge in [-0.05, 0) is 43.2 Å². The summed E-state index contributed by atoms with van der Waals surface area (Å²) >= 11 is 0. The molecule has 1 aliphatic rings. The fourth-order valence-corrected chi connectivity index (χ4v) is 5.13. The summed E-state index contributed by atoms with van der Waals surface area (Å²) in [6.45, 7) is 0.476. The SMILES string of the molecule is CN(CC(=O)Nc1cc(S(=O)(=O)N2CCCCC2)ccc1Oc1ccccc1)S(C)(=O)=O. The highest BCUT2D eigenvalue weighted by Crippen LogP contribution is 2.33. The minimum Gasteiger partial charge on any atom is -0.455 e. The van der Waals surface area contributed by atoms with Gasteiger partial charge in [-0.1, -0.05) is 24.6 Å². The average molecular weight is 482 g/mol. The third-order valence-electron chi connectivity index (χ3n) is 5.08. The van der Waals surface area contributed by atoms with Gasteiger partial charge in [0.2, 0.25) is 26.0 Å². The third-order valence-corrected chi connectivity index (χ3v) is 8.24. The molecule has 0 radical (unpaired) electrons. The highest BCUT2D eigenvalue weighted by Gasteiger charge is 2.27. The molecule has 1 N–H and O–H groups in total. The summed E-state index contributed by atoms with van der Waals surface area (Å²) in [6, 6.07) is 13.1. The van der Waals surface area contributed by atoms with Crippen molar-refractivity contribution in [2.45, 2.75) is 24.2 Å². The summed E-state index contributed by atoms with van der Waals surface area (Å²) in [6.07, 6.45) is 3.59. The zero-order valence-electron chi connectivity index (χ0n) is 18.0. The maximum atomic E-state index is 13.1. The number of anilines is 1. The van der Waals surface area contributed by atoms with Crippen LogP contribution in [0.1, 0.15) is 19.3 Å². The van der Waals surface area contributed by atoms with Gasteiger partial charge in [0.25, 0.3) is 0 Å². The minimum atomic E-state index is -3.74. The fraction of sp³-hybridized carbons (Fsp3) is 0.381. The first-order chi connectivity index (χ1) is 15.1. The number of hydrogen-bond donors (Lipinski definition) is 1. The quantitative estimate of drug-likeness (QED) is 0.620. The van der Waals surface area contributed by atoms with Gasteiger partial charge in [0.1, 0.15) is 5.75 Å². The minimum absolute atomic E-state index is 0.0339. The lowest BCUT2D eigenvalue weighted by molar-refractivity contribution is -0.116. The van der Waals surface area contributed by atoms with Gasteiger partial charge in [-0.15, -0.1) is 0 Å². The second-order valence-corrected chi connectivity index (χ2v) is 11.6. The van der Waals surface area contributed by atoms with Crippen molar-refractivity contribution in [2.24, 2.45) is 0 Å². The summed E-state index contributed by atoms with van der Waals surface area (Å²) in [5.74, 6) is 0.121. The van der Waals surface area contributed by atoms with Crippen LogP contribution >= 0.6 is 0 Å². The van der Waals surface area contributed by atoms with Crippen molar-refractivity contribution in [3.8, 4) is 11.5 Å². The molecule has 1 aliphatic heterocycles. The molecule has 0 aliphatic carbocycles.